The van der Waals surface area contributed by atoms with Gasteiger partial charge in [-0.25, -0.2) is 15.0 Å². The number of hydrogen-bond donors (Lipinski definition) is 0. The number of pyridine rings is 1. The van der Waals surface area contributed by atoms with Gasteiger partial charge in [-0.15, -0.1) is 0 Å². The molecule has 6 nitrogen and oxygen atoms in total. The second-order valence-corrected chi connectivity index (χ2v) is 8.51. The normalized spacial score (nSPS) is 15.8. The van der Waals surface area contributed by atoms with Crippen molar-refractivity contribution in [1.82, 2.24) is 19.9 Å². The first-order valence-corrected chi connectivity index (χ1v) is 11.3. The Morgan fingerprint density at radius 1 is 1.08 bits per heavy atom. The van der Waals surface area contributed by atoms with Crippen molar-refractivity contribution in [2.24, 2.45) is 0 Å². The number of amides is 1. The molecule has 182 valence electrons. The highest BCUT2D eigenvalue weighted by molar-refractivity contribution is 5.89. The smallest absolute Gasteiger partial charge is 0.416 e. The molecule has 1 amide bonds. The van der Waals surface area contributed by atoms with Gasteiger partial charge in [0.25, 0.3) is 0 Å². The van der Waals surface area contributed by atoms with Crippen molar-refractivity contribution in [3.63, 3.8) is 0 Å². The van der Waals surface area contributed by atoms with Gasteiger partial charge in [-0.2, -0.15) is 13.2 Å². The van der Waals surface area contributed by atoms with Gasteiger partial charge >= 0.3 is 6.18 Å². The van der Waals surface area contributed by atoms with E-state index in [-0.39, 0.29) is 23.5 Å². The molecule has 0 radical (unpaired) electrons. The third kappa shape index (κ3) is 4.77. The van der Waals surface area contributed by atoms with Gasteiger partial charge in [-0.05, 0) is 60.0 Å². The van der Waals surface area contributed by atoms with Crippen molar-refractivity contribution in [2.45, 2.75) is 18.5 Å². The number of fused-ring (bicyclic) bond motifs is 1. The summed E-state index contributed by atoms with van der Waals surface area (Å²) in [6.45, 7) is 4.80. The highest BCUT2D eigenvalue weighted by atomic mass is 19.4. The second-order valence-electron chi connectivity index (χ2n) is 8.51. The minimum Gasteiger partial charge on any atom is -0.439 e. The maximum absolute atomic E-state index is 13.0. The number of rotatable bonds is 5. The molecule has 0 saturated carbocycles. The molecule has 0 N–H and O–H groups in total. The first kappa shape index (κ1) is 23.5. The van der Waals surface area contributed by atoms with Crippen LogP contribution in [-0.4, -0.2) is 38.8 Å². The van der Waals surface area contributed by atoms with E-state index in [9.17, 15) is 18.0 Å². The Hall–Kier alpha value is -4.27. The van der Waals surface area contributed by atoms with Crippen molar-refractivity contribution in [1.29, 1.82) is 0 Å². The largest absolute Gasteiger partial charge is 0.439 e. The fourth-order valence-corrected chi connectivity index (χ4v) is 4.42. The van der Waals surface area contributed by atoms with Crippen LogP contribution in [0.4, 0.5) is 13.2 Å². The summed E-state index contributed by atoms with van der Waals surface area (Å²) in [5.74, 6) is 0.253. The molecule has 0 bridgehead atoms. The van der Waals surface area contributed by atoms with E-state index in [0.717, 1.165) is 46.1 Å². The molecule has 2 aromatic carbocycles. The van der Waals surface area contributed by atoms with Crippen molar-refractivity contribution < 1.29 is 22.7 Å². The maximum Gasteiger partial charge on any atom is 0.416 e. The first-order chi connectivity index (χ1) is 17.3. The quantitative estimate of drug-likeness (QED) is 0.321. The summed E-state index contributed by atoms with van der Waals surface area (Å²) in [4.78, 5) is 26.8. The Labute approximate surface area is 205 Å². The number of ether oxygens (including phenoxy) is 1. The molecule has 4 aromatic rings. The minimum absolute atomic E-state index is 0.0510. The number of hydrogen-bond acceptors (Lipinski definition) is 5. The van der Waals surface area contributed by atoms with E-state index >= 15 is 0 Å². The van der Waals surface area contributed by atoms with Crippen LogP contribution in [0.25, 0.3) is 22.0 Å². The van der Waals surface area contributed by atoms with Crippen LogP contribution >= 0.6 is 0 Å². The van der Waals surface area contributed by atoms with Gasteiger partial charge in [-0.1, -0.05) is 12.6 Å². The molecular weight excluding hydrogens is 469 g/mol. The molecule has 0 aliphatic carbocycles. The minimum atomic E-state index is -4.45. The summed E-state index contributed by atoms with van der Waals surface area (Å²) in [6.07, 6.45) is 2.55. The highest BCUT2D eigenvalue weighted by Crippen LogP contribution is 2.36. The second kappa shape index (κ2) is 9.41. The van der Waals surface area contributed by atoms with E-state index in [4.69, 9.17) is 4.74 Å². The van der Waals surface area contributed by atoms with Crippen molar-refractivity contribution in [2.75, 3.05) is 13.1 Å². The van der Waals surface area contributed by atoms with Crippen LogP contribution in [0.15, 0.2) is 79.9 Å². The molecule has 1 atom stereocenters. The van der Waals surface area contributed by atoms with Crippen molar-refractivity contribution >= 4 is 16.8 Å². The molecule has 0 spiro atoms. The average Bonchev–Trinajstić information content (AvgIpc) is 3.38. The molecule has 1 fully saturated rings. The Balaban J connectivity index is 1.43. The molecule has 5 rings (SSSR count). The van der Waals surface area contributed by atoms with Gasteiger partial charge in [0.05, 0.1) is 11.1 Å². The lowest BCUT2D eigenvalue weighted by Crippen LogP contribution is -2.26. The van der Waals surface area contributed by atoms with Crippen LogP contribution in [-0.2, 0) is 11.0 Å². The Morgan fingerprint density at radius 3 is 2.69 bits per heavy atom. The summed E-state index contributed by atoms with van der Waals surface area (Å²) < 4.78 is 44.5. The molecule has 2 aromatic heterocycles. The van der Waals surface area contributed by atoms with E-state index in [0.29, 0.717) is 13.1 Å². The standard InChI is InChI=1S/C27H21F3N4O2/c1-2-25(35)34-9-8-18(15-34)23-11-19(10-20-13-31-16-33-26(20)23)17-6-7-24(32-14-17)36-22-5-3-4-21(12-22)27(28,29)30/h2-7,10-14,16,18H,1,8-9,15H2. The van der Waals surface area contributed by atoms with Crippen LogP contribution in [0, 0.1) is 0 Å². The van der Waals surface area contributed by atoms with Gasteiger partial charge in [0, 0.05) is 48.4 Å². The summed E-state index contributed by atoms with van der Waals surface area (Å²) >= 11 is 0. The number of carbonyl (C=O) groups is 1. The third-order valence-electron chi connectivity index (χ3n) is 6.20. The van der Waals surface area contributed by atoms with Crippen LogP contribution in [0.3, 0.4) is 0 Å². The van der Waals surface area contributed by atoms with Gasteiger partial charge < -0.3 is 9.64 Å². The van der Waals surface area contributed by atoms with Crippen LogP contribution in [0.5, 0.6) is 11.6 Å². The molecular formula is C27H21F3N4O2. The van der Waals surface area contributed by atoms with Gasteiger partial charge in [0.2, 0.25) is 11.8 Å². The lowest BCUT2D eigenvalue weighted by atomic mass is 9.92. The Kier molecular flexibility index (Phi) is 6.13. The van der Waals surface area contributed by atoms with E-state index in [2.05, 4.69) is 21.5 Å². The summed E-state index contributed by atoms with van der Waals surface area (Å²) in [5.41, 5.74) is 2.76. The van der Waals surface area contributed by atoms with Crippen LogP contribution in [0.2, 0.25) is 0 Å². The lowest BCUT2D eigenvalue weighted by Gasteiger charge is -2.17. The number of halogens is 3. The summed E-state index contributed by atoms with van der Waals surface area (Å²) in [5, 5.41) is 0.864. The topological polar surface area (TPSA) is 68.2 Å². The predicted octanol–water partition coefficient (Wildman–Crippen LogP) is 6.00. The zero-order valence-electron chi connectivity index (χ0n) is 19.1. The van der Waals surface area contributed by atoms with E-state index in [1.165, 1.54) is 24.5 Å². The predicted molar refractivity (Wildman–Crippen MR) is 128 cm³/mol. The number of likely N-dealkylation sites (tertiary alicyclic amines) is 1. The van der Waals surface area contributed by atoms with E-state index in [1.54, 1.807) is 29.4 Å². The number of carbonyl (C=O) groups excluding carboxylic acids is 1. The molecule has 1 aliphatic rings. The average molecular weight is 490 g/mol. The van der Waals surface area contributed by atoms with Crippen molar-refractivity contribution in [3.05, 3.63) is 91.0 Å². The fraction of sp³-hybridized carbons (Fsp3) is 0.185. The Morgan fingerprint density at radius 2 is 1.94 bits per heavy atom. The molecule has 1 saturated heterocycles. The molecule has 9 heteroatoms. The SMILES string of the molecule is C=CC(=O)N1CCC(c2cc(-c3ccc(Oc4cccc(C(F)(F)F)c4)nc3)cc3cncnc23)C1. The van der Waals surface area contributed by atoms with Gasteiger partial charge in [0.1, 0.15) is 12.1 Å². The molecule has 1 unspecified atom stereocenters. The zero-order valence-corrected chi connectivity index (χ0v) is 19.1. The number of nitrogens with zero attached hydrogens (tertiary/aromatic N) is 4. The third-order valence-corrected chi connectivity index (χ3v) is 6.20. The maximum atomic E-state index is 13.0. The molecule has 3 heterocycles. The molecule has 36 heavy (non-hydrogen) atoms. The van der Waals surface area contributed by atoms with E-state index in [1.807, 2.05) is 12.1 Å². The highest BCUT2D eigenvalue weighted by Gasteiger charge is 2.31. The monoisotopic (exact) mass is 490 g/mol. The number of aromatic nitrogens is 3. The summed E-state index contributed by atoms with van der Waals surface area (Å²) in [6, 6.07) is 12.1. The van der Waals surface area contributed by atoms with Crippen molar-refractivity contribution in [3.8, 4) is 22.8 Å². The zero-order chi connectivity index (χ0) is 25.3. The fourth-order valence-electron chi connectivity index (χ4n) is 4.42. The summed E-state index contributed by atoms with van der Waals surface area (Å²) in [7, 11) is 0. The van der Waals surface area contributed by atoms with E-state index < -0.39 is 11.7 Å². The molecule has 1 aliphatic heterocycles. The van der Waals surface area contributed by atoms with Crippen LogP contribution in [0.1, 0.15) is 23.5 Å². The number of alkyl halides is 3. The van der Waals surface area contributed by atoms with Gasteiger partial charge in [-0.3, -0.25) is 4.79 Å². The first-order valence-electron chi connectivity index (χ1n) is 11.3. The van der Waals surface area contributed by atoms with Crippen LogP contribution < -0.4 is 4.74 Å². The Bertz CT molecular complexity index is 1440. The number of benzene rings is 2. The van der Waals surface area contributed by atoms with Gasteiger partial charge in [0.15, 0.2) is 0 Å². The lowest BCUT2D eigenvalue weighted by molar-refractivity contribution is -0.137.